The quantitative estimate of drug-likeness (QED) is 0.695. The van der Waals surface area contributed by atoms with Crippen molar-refractivity contribution >= 4 is 11.1 Å². The second-order valence-electron chi connectivity index (χ2n) is 5.74. The monoisotopic (exact) mass is 258 g/mol. The molecular weight excluding hydrogens is 240 g/mol. The minimum absolute atomic E-state index is 0.688. The molecule has 0 fully saturated rings. The molecule has 0 aliphatic heterocycles. The van der Waals surface area contributed by atoms with Crippen molar-refractivity contribution in [2.45, 2.75) is 12.8 Å². The van der Waals surface area contributed by atoms with Crippen LogP contribution in [0.5, 0.6) is 0 Å². The molecule has 0 nitrogen and oxygen atoms in total. The van der Waals surface area contributed by atoms with Gasteiger partial charge >= 0.3 is 0 Å². The zero-order chi connectivity index (χ0) is 13.4. The van der Waals surface area contributed by atoms with E-state index < -0.39 is 0 Å². The Morgan fingerprint density at radius 1 is 0.550 bits per heavy atom. The molecule has 0 aromatic heterocycles. The van der Waals surface area contributed by atoms with Crippen LogP contribution in [0.1, 0.15) is 24.0 Å². The molecule has 2 aromatic rings. The Labute approximate surface area is 120 Å². The minimum atomic E-state index is 0.688. The van der Waals surface area contributed by atoms with Crippen molar-refractivity contribution < 1.29 is 0 Å². The van der Waals surface area contributed by atoms with Crippen LogP contribution in [-0.4, -0.2) is 0 Å². The first-order chi connectivity index (χ1) is 9.93. The molecule has 0 heterocycles. The lowest BCUT2D eigenvalue weighted by atomic mass is 9.85. The van der Waals surface area contributed by atoms with Gasteiger partial charge in [-0.25, -0.2) is 0 Å². The Hall–Kier alpha value is -2.08. The standard InChI is InChI=1S/C20H18/c1-3-7-15(8-4-1)17-11-13-20-18(12-14-19(17)20)16-9-5-2-6-10-16/h1-12,19-20H,13-14H2/t19-,20-/m1/s1. The second-order valence-corrected chi connectivity index (χ2v) is 5.74. The lowest BCUT2D eigenvalue weighted by molar-refractivity contribution is 0.574. The Kier molecular flexibility index (Phi) is 2.81. The zero-order valence-electron chi connectivity index (χ0n) is 11.5. The maximum absolute atomic E-state index is 2.46. The lowest BCUT2D eigenvalue weighted by Gasteiger charge is -2.18. The Morgan fingerprint density at radius 2 is 0.950 bits per heavy atom. The van der Waals surface area contributed by atoms with Gasteiger partial charge in [0.1, 0.15) is 0 Å². The summed E-state index contributed by atoms with van der Waals surface area (Å²) in [6, 6.07) is 21.7. The molecule has 2 aliphatic carbocycles. The molecule has 0 spiro atoms. The highest BCUT2D eigenvalue weighted by molar-refractivity contribution is 5.80. The van der Waals surface area contributed by atoms with E-state index in [1.54, 1.807) is 11.1 Å². The van der Waals surface area contributed by atoms with Crippen LogP contribution in [0.2, 0.25) is 0 Å². The van der Waals surface area contributed by atoms with E-state index >= 15 is 0 Å². The van der Waals surface area contributed by atoms with Crippen LogP contribution >= 0.6 is 0 Å². The molecule has 0 saturated carbocycles. The second kappa shape index (κ2) is 4.79. The predicted molar refractivity (Wildman–Crippen MR) is 85.1 cm³/mol. The summed E-state index contributed by atoms with van der Waals surface area (Å²) in [5.74, 6) is 1.38. The predicted octanol–water partition coefficient (Wildman–Crippen LogP) is 5.19. The van der Waals surface area contributed by atoms with E-state index in [0.29, 0.717) is 11.8 Å². The third kappa shape index (κ3) is 1.84. The van der Waals surface area contributed by atoms with Crippen LogP contribution in [0, 0.1) is 11.8 Å². The number of benzene rings is 2. The highest BCUT2D eigenvalue weighted by Crippen LogP contribution is 2.50. The fraction of sp³-hybridized carbons (Fsp3) is 0.200. The third-order valence-corrected chi connectivity index (χ3v) is 4.68. The summed E-state index contributed by atoms with van der Waals surface area (Å²) in [6.07, 6.45) is 7.30. The van der Waals surface area contributed by atoms with Gasteiger partial charge in [-0.2, -0.15) is 0 Å². The molecule has 0 amide bonds. The van der Waals surface area contributed by atoms with E-state index in [9.17, 15) is 0 Å². The summed E-state index contributed by atoms with van der Waals surface area (Å²) in [5.41, 5.74) is 5.92. The van der Waals surface area contributed by atoms with Gasteiger partial charge < -0.3 is 0 Å². The van der Waals surface area contributed by atoms with Crippen LogP contribution in [0.4, 0.5) is 0 Å². The van der Waals surface area contributed by atoms with Crippen molar-refractivity contribution in [2.24, 2.45) is 11.8 Å². The molecule has 0 unspecified atom stereocenters. The number of hydrogen-bond donors (Lipinski definition) is 0. The van der Waals surface area contributed by atoms with Crippen LogP contribution in [-0.2, 0) is 0 Å². The van der Waals surface area contributed by atoms with Crippen molar-refractivity contribution in [3.05, 3.63) is 83.9 Å². The summed E-state index contributed by atoms with van der Waals surface area (Å²) in [4.78, 5) is 0. The van der Waals surface area contributed by atoms with Gasteiger partial charge in [-0.15, -0.1) is 0 Å². The van der Waals surface area contributed by atoms with Crippen LogP contribution < -0.4 is 0 Å². The van der Waals surface area contributed by atoms with Crippen molar-refractivity contribution in [1.29, 1.82) is 0 Å². The number of fused-ring (bicyclic) bond motifs is 1. The van der Waals surface area contributed by atoms with Crippen LogP contribution in [0.25, 0.3) is 11.1 Å². The van der Waals surface area contributed by atoms with Crippen molar-refractivity contribution in [2.75, 3.05) is 0 Å². The van der Waals surface area contributed by atoms with Gasteiger partial charge in [0.2, 0.25) is 0 Å². The van der Waals surface area contributed by atoms with Crippen LogP contribution in [0.3, 0.4) is 0 Å². The summed E-state index contributed by atoms with van der Waals surface area (Å²) in [7, 11) is 0. The van der Waals surface area contributed by atoms with E-state index in [1.165, 1.54) is 24.0 Å². The molecule has 0 bridgehead atoms. The van der Waals surface area contributed by atoms with E-state index in [1.807, 2.05) is 0 Å². The van der Waals surface area contributed by atoms with Gasteiger partial charge in [0.25, 0.3) is 0 Å². The average molecular weight is 258 g/mol. The molecule has 0 heteroatoms. The Balaban J connectivity index is 1.63. The minimum Gasteiger partial charge on any atom is -0.0798 e. The highest BCUT2D eigenvalue weighted by atomic mass is 14.4. The maximum atomic E-state index is 2.46. The Bertz CT molecular complexity index is 600. The molecule has 0 N–H and O–H groups in total. The molecule has 0 saturated heterocycles. The number of hydrogen-bond acceptors (Lipinski definition) is 0. The molecule has 98 valence electrons. The third-order valence-electron chi connectivity index (χ3n) is 4.68. The lowest BCUT2D eigenvalue weighted by Crippen LogP contribution is -2.06. The van der Waals surface area contributed by atoms with Gasteiger partial charge in [-0.3, -0.25) is 0 Å². The van der Waals surface area contributed by atoms with E-state index in [4.69, 9.17) is 0 Å². The first-order valence-corrected chi connectivity index (χ1v) is 7.44. The maximum Gasteiger partial charge on any atom is -0.00525 e. The molecule has 2 aromatic carbocycles. The first-order valence-electron chi connectivity index (χ1n) is 7.44. The van der Waals surface area contributed by atoms with Crippen LogP contribution in [0.15, 0.2) is 72.8 Å². The van der Waals surface area contributed by atoms with Gasteiger partial charge in [0.05, 0.1) is 0 Å². The van der Waals surface area contributed by atoms with Gasteiger partial charge in [-0.1, -0.05) is 72.8 Å². The topological polar surface area (TPSA) is 0 Å². The van der Waals surface area contributed by atoms with Gasteiger partial charge in [-0.05, 0) is 47.0 Å². The fourth-order valence-electron chi connectivity index (χ4n) is 3.75. The normalized spacial score (nSPS) is 24.2. The molecule has 2 aliphatic rings. The van der Waals surface area contributed by atoms with Gasteiger partial charge in [0, 0.05) is 0 Å². The fourth-order valence-corrected chi connectivity index (χ4v) is 3.75. The summed E-state index contributed by atoms with van der Waals surface area (Å²) < 4.78 is 0. The van der Waals surface area contributed by atoms with E-state index in [-0.39, 0.29) is 0 Å². The number of rotatable bonds is 2. The SMILES string of the molecule is C1=C(c2ccccc2)[C@H]2CC=C(c3ccccc3)[C@H]2C1. The largest absolute Gasteiger partial charge is 0.0798 e. The van der Waals surface area contributed by atoms with Crippen molar-refractivity contribution in [3.63, 3.8) is 0 Å². The first kappa shape index (κ1) is 11.7. The summed E-state index contributed by atoms with van der Waals surface area (Å²) in [6.45, 7) is 0. The summed E-state index contributed by atoms with van der Waals surface area (Å²) in [5, 5.41) is 0. The molecule has 2 atom stereocenters. The van der Waals surface area contributed by atoms with E-state index in [0.717, 1.165) is 0 Å². The van der Waals surface area contributed by atoms with Gasteiger partial charge in [0.15, 0.2) is 0 Å². The Morgan fingerprint density at radius 3 is 1.35 bits per heavy atom. The highest BCUT2D eigenvalue weighted by Gasteiger charge is 2.36. The zero-order valence-corrected chi connectivity index (χ0v) is 11.5. The molecule has 20 heavy (non-hydrogen) atoms. The number of allylic oxidation sites excluding steroid dienone is 4. The molecule has 4 rings (SSSR count). The molecule has 0 radical (unpaired) electrons. The summed E-state index contributed by atoms with van der Waals surface area (Å²) >= 11 is 0. The molecular formula is C20H18. The van der Waals surface area contributed by atoms with Crippen molar-refractivity contribution in [3.8, 4) is 0 Å². The average Bonchev–Trinajstić information content (AvgIpc) is 3.10. The smallest absolute Gasteiger partial charge is 0.00525 e. The van der Waals surface area contributed by atoms with E-state index in [2.05, 4.69) is 72.8 Å². The van der Waals surface area contributed by atoms with Crippen molar-refractivity contribution in [1.82, 2.24) is 0 Å².